The molecule has 0 aromatic heterocycles. The Hall–Kier alpha value is -0.720. The molecule has 1 heterocycles. The van der Waals surface area contributed by atoms with E-state index >= 15 is 0 Å². The van der Waals surface area contributed by atoms with E-state index in [-0.39, 0.29) is 22.4 Å². The van der Waals surface area contributed by atoms with Gasteiger partial charge >= 0.3 is 0 Å². The van der Waals surface area contributed by atoms with Gasteiger partial charge in [-0.2, -0.15) is 0 Å². The van der Waals surface area contributed by atoms with E-state index in [0.29, 0.717) is 0 Å². The van der Waals surface area contributed by atoms with Crippen LogP contribution in [0.5, 0.6) is 5.75 Å². The number of hydrogen-bond donors (Lipinski definition) is 2. The minimum absolute atomic E-state index is 0.0974. The van der Waals surface area contributed by atoms with Crippen LogP contribution < -0.4 is 10.5 Å². The van der Waals surface area contributed by atoms with Gasteiger partial charge in [-0.15, -0.1) is 0 Å². The van der Waals surface area contributed by atoms with Gasteiger partial charge in [-0.3, -0.25) is 0 Å². The second-order valence-corrected chi connectivity index (χ2v) is 4.57. The van der Waals surface area contributed by atoms with Crippen molar-refractivity contribution in [2.45, 2.75) is 11.7 Å². The summed E-state index contributed by atoms with van der Waals surface area (Å²) in [5.41, 5.74) is 4.29. The third kappa shape index (κ3) is 1.52. The summed E-state index contributed by atoms with van der Waals surface area (Å²) in [5, 5.41) is 9.17. The van der Waals surface area contributed by atoms with Crippen molar-refractivity contribution < 1.29 is 18.6 Å². The SMILES string of the molecule is N[C@]1(CO)c2ccc(Br)c(F)c2OC[C@H]1F. The molecule has 0 bridgehead atoms. The quantitative estimate of drug-likeness (QED) is 0.824. The maximum atomic E-state index is 13.7. The first kappa shape index (κ1) is 11.8. The summed E-state index contributed by atoms with van der Waals surface area (Å²) >= 11 is 3.00. The minimum atomic E-state index is -1.60. The number of fused-ring (bicyclic) bond motifs is 1. The fourth-order valence-electron chi connectivity index (χ4n) is 1.70. The topological polar surface area (TPSA) is 55.5 Å². The molecule has 3 N–H and O–H groups in total. The van der Waals surface area contributed by atoms with Crippen molar-refractivity contribution in [3.05, 3.63) is 28.0 Å². The lowest BCUT2D eigenvalue weighted by atomic mass is 9.85. The lowest BCUT2D eigenvalue weighted by Crippen LogP contribution is -2.54. The summed E-state index contributed by atoms with van der Waals surface area (Å²) in [6.45, 7) is -0.969. The van der Waals surface area contributed by atoms with E-state index in [1.54, 1.807) is 0 Å². The van der Waals surface area contributed by atoms with Crippen molar-refractivity contribution in [1.29, 1.82) is 0 Å². The molecule has 1 aromatic carbocycles. The van der Waals surface area contributed by atoms with Gasteiger partial charge in [0.2, 0.25) is 0 Å². The van der Waals surface area contributed by atoms with Gasteiger partial charge in [0.15, 0.2) is 17.7 Å². The van der Waals surface area contributed by atoms with Crippen molar-refractivity contribution in [3.63, 3.8) is 0 Å². The van der Waals surface area contributed by atoms with Crippen LogP contribution in [0.3, 0.4) is 0 Å². The predicted molar refractivity (Wildman–Crippen MR) is 57.4 cm³/mol. The Morgan fingerprint density at radius 1 is 1.62 bits per heavy atom. The molecule has 0 radical (unpaired) electrons. The molecule has 6 heteroatoms. The van der Waals surface area contributed by atoms with Gasteiger partial charge in [0.1, 0.15) is 12.1 Å². The van der Waals surface area contributed by atoms with Crippen LogP contribution in [0.4, 0.5) is 8.78 Å². The highest BCUT2D eigenvalue weighted by Crippen LogP contribution is 2.40. The first-order valence-electron chi connectivity index (χ1n) is 4.66. The van der Waals surface area contributed by atoms with E-state index in [1.165, 1.54) is 12.1 Å². The Labute approximate surface area is 99.3 Å². The largest absolute Gasteiger partial charge is 0.487 e. The Morgan fingerprint density at radius 3 is 2.94 bits per heavy atom. The maximum absolute atomic E-state index is 13.7. The van der Waals surface area contributed by atoms with Gasteiger partial charge in [0.05, 0.1) is 11.1 Å². The van der Waals surface area contributed by atoms with Gasteiger partial charge in [0.25, 0.3) is 0 Å². The molecule has 16 heavy (non-hydrogen) atoms. The highest BCUT2D eigenvalue weighted by atomic mass is 79.9. The number of ether oxygens (including phenoxy) is 1. The summed E-state index contributed by atoms with van der Waals surface area (Å²) < 4.78 is 32.4. The fourth-order valence-corrected chi connectivity index (χ4v) is 2.01. The Morgan fingerprint density at radius 2 is 2.31 bits per heavy atom. The molecule has 0 amide bonds. The van der Waals surface area contributed by atoms with E-state index < -0.39 is 24.1 Å². The molecule has 88 valence electrons. The normalized spacial score (nSPS) is 28.4. The van der Waals surface area contributed by atoms with Crippen LogP contribution in [-0.2, 0) is 5.54 Å². The van der Waals surface area contributed by atoms with Crippen LogP contribution in [0.1, 0.15) is 5.56 Å². The molecule has 2 rings (SSSR count). The highest BCUT2D eigenvalue weighted by molar-refractivity contribution is 9.10. The predicted octanol–water partition coefficient (Wildman–Crippen LogP) is 1.47. The summed E-state index contributed by atoms with van der Waals surface area (Å²) in [4.78, 5) is 0. The minimum Gasteiger partial charge on any atom is -0.487 e. The van der Waals surface area contributed by atoms with Crippen molar-refractivity contribution in [2.24, 2.45) is 5.73 Å². The smallest absolute Gasteiger partial charge is 0.179 e. The average Bonchev–Trinajstić information content (AvgIpc) is 2.28. The molecule has 0 fully saturated rings. The first-order chi connectivity index (χ1) is 7.50. The number of aliphatic hydroxyl groups excluding tert-OH is 1. The van der Waals surface area contributed by atoms with Crippen LogP contribution in [0, 0.1) is 5.82 Å². The Kier molecular flexibility index (Phi) is 2.90. The molecule has 0 spiro atoms. The zero-order chi connectivity index (χ0) is 11.9. The molecule has 0 saturated heterocycles. The van der Waals surface area contributed by atoms with Crippen LogP contribution in [-0.4, -0.2) is 24.5 Å². The lowest BCUT2D eigenvalue weighted by Gasteiger charge is -2.36. The number of alkyl halides is 1. The van der Waals surface area contributed by atoms with Crippen molar-refractivity contribution in [2.75, 3.05) is 13.2 Å². The first-order valence-corrected chi connectivity index (χ1v) is 5.45. The monoisotopic (exact) mass is 293 g/mol. The van der Waals surface area contributed by atoms with E-state index in [9.17, 15) is 13.9 Å². The molecule has 1 aromatic rings. The number of nitrogens with two attached hydrogens (primary N) is 1. The standard InChI is InChI=1S/C10H10BrF2NO2/c11-6-2-1-5-9(8(6)13)16-3-7(12)10(5,14)4-15/h1-2,7,15H,3-4,14H2/t7-,10-/m1/s1. The molecule has 1 aliphatic heterocycles. The fraction of sp³-hybridized carbons (Fsp3) is 0.400. The van der Waals surface area contributed by atoms with Crippen LogP contribution in [0.15, 0.2) is 16.6 Å². The van der Waals surface area contributed by atoms with E-state index in [1.807, 2.05) is 0 Å². The number of halogens is 3. The molecule has 2 atom stereocenters. The summed E-state index contributed by atoms with van der Waals surface area (Å²) in [5.74, 6) is -0.729. The molecule has 0 unspecified atom stereocenters. The van der Waals surface area contributed by atoms with Crippen LogP contribution >= 0.6 is 15.9 Å². The van der Waals surface area contributed by atoms with E-state index in [2.05, 4.69) is 15.9 Å². The lowest BCUT2D eigenvalue weighted by molar-refractivity contribution is 0.0451. The summed E-state index contributed by atoms with van der Waals surface area (Å²) in [7, 11) is 0. The van der Waals surface area contributed by atoms with Gasteiger partial charge in [0, 0.05) is 5.56 Å². The Bertz CT molecular complexity index is 430. The zero-order valence-corrected chi connectivity index (χ0v) is 9.80. The third-order valence-electron chi connectivity index (χ3n) is 2.75. The number of rotatable bonds is 1. The average molecular weight is 294 g/mol. The van der Waals surface area contributed by atoms with Gasteiger partial charge in [-0.1, -0.05) is 6.07 Å². The van der Waals surface area contributed by atoms with Gasteiger partial charge in [-0.25, -0.2) is 8.78 Å². The maximum Gasteiger partial charge on any atom is 0.179 e. The van der Waals surface area contributed by atoms with E-state index in [4.69, 9.17) is 10.5 Å². The summed E-state index contributed by atoms with van der Waals surface area (Å²) in [6.07, 6.45) is -1.56. The number of benzene rings is 1. The van der Waals surface area contributed by atoms with Gasteiger partial charge < -0.3 is 15.6 Å². The number of aliphatic hydroxyl groups is 1. The molecule has 1 aliphatic rings. The zero-order valence-electron chi connectivity index (χ0n) is 8.21. The van der Waals surface area contributed by atoms with E-state index in [0.717, 1.165) is 0 Å². The Balaban J connectivity index is 2.62. The van der Waals surface area contributed by atoms with Crippen LogP contribution in [0.25, 0.3) is 0 Å². The molecule has 0 aliphatic carbocycles. The molecule has 0 saturated carbocycles. The second kappa shape index (κ2) is 3.94. The molecular weight excluding hydrogens is 284 g/mol. The van der Waals surface area contributed by atoms with Crippen LogP contribution in [0.2, 0.25) is 0 Å². The highest BCUT2D eigenvalue weighted by Gasteiger charge is 2.44. The molecule has 3 nitrogen and oxygen atoms in total. The summed E-state index contributed by atoms with van der Waals surface area (Å²) in [6, 6.07) is 2.86. The van der Waals surface area contributed by atoms with Gasteiger partial charge in [-0.05, 0) is 22.0 Å². The second-order valence-electron chi connectivity index (χ2n) is 3.72. The molecular formula is C10H10BrF2NO2. The van der Waals surface area contributed by atoms with Crippen molar-refractivity contribution in [3.8, 4) is 5.75 Å². The number of hydrogen-bond acceptors (Lipinski definition) is 3. The van der Waals surface area contributed by atoms with Crippen molar-refractivity contribution in [1.82, 2.24) is 0 Å². The van der Waals surface area contributed by atoms with Crippen molar-refractivity contribution >= 4 is 15.9 Å². The third-order valence-corrected chi connectivity index (χ3v) is 3.36.